The minimum absolute atomic E-state index is 0.268. The maximum absolute atomic E-state index is 13.5. The van der Waals surface area contributed by atoms with Crippen molar-refractivity contribution in [3.63, 3.8) is 0 Å². The van der Waals surface area contributed by atoms with Gasteiger partial charge in [-0.3, -0.25) is 4.90 Å². The first-order valence-corrected chi connectivity index (χ1v) is 16.8. The molecule has 0 atom stereocenters. The molecule has 2 saturated heterocycles. The number of ether oxygens (including phenoxy) is 1. The van der Waals surface area contributed by atoms with E-state index in [1.807, 2.05) is 34.1 Å². The second-order valence-corrected chi connectivity index (χ2v) is 13.2. The average molecular weight is 694 g/mol. The molecule has 0 unspecified atom stereocenters. The van der Waals surface area contributed by atoms with Crippen molar-refractivity contribution in [2.45, 2.75) is 28.6 Å². The Morgan fingerprint density at radius 2 is 1.27 bits per heavy atom. The lowest BCUT2D eigenvalue weighted by Crippen LogP contribution is -2.50. The standard InChI is InChI=1S/C34H37F6N5O2S/c35-33(36,37)25-6-9-27(10-7-25)43-18-20-44(21-19-43)32(46)47-23-22-42-16-14-41(15-17-42)12-3-13-45-28-4-1-2-5-30(28)48-31-11-8-26(24-29(31)45)34(38,39)40/h1-2,4-11,24H,3,12-23H2. The number of hydrogen-bond acceptors (Lipinski definition) is 7. The van der Waals surface area contributed by atoms with Gasteiger partial charge in [-0.15, -0.1) is 0 Å². The first kappa shape index (κ1) is 34.3. The molecule has 3 heterocycles. The highest BCUT2D eigenvalue weighted by atomic mass is 32.2. The molecular weight excluding hydrogens is 656 g/mol. The van der Waals surface area contributed by atoms with E-state index in [4.69, 9.17) is 4.74 Å². The van der Waals surface area contributed by atoms with Gasteiger partial charge in [0.2, 0.25) is 0 Å². The first-order chi connectivity index (χ1) is 23.0. The van der Waals surface area contributed by atoms with Crippen LogP contribution < -0.4 is 9.80 Å². The molecule has 0 spiro atoms. The van der Waals surface area contributed by atoms with Crippen molar-refractivity contribution < 1.29 is 35.9 Å². The molecule has 0 N–H and O–H groups in total. The predicted octanol–water partition coefficient (Wildman–Crippen LogP) is 7.29. The zero-order valence-corrected chi connectivity index (χ0v) is 27.1. The lowest BCUT2D eigenvalue weighted by atomic mass is 10.1. The molecule has 3 aliphatic rings. The van der Waals surface area contributed by atoms with Crippen LogP contribution in [0.2, 0.25) is 0 Å². The quantitative estimate of drug-likeness (QED) is 0.230. The van der Waals surface area contributed by atoms with Gasteiger partial charge in [0.25, 0.3) is 0 Å². The number of nitrogens with zero attached hydrogens (tertiary/aromatic N) is 5. The van der Waals surface area contributed by atoms with Crippen LogP contribution in [0.3, 0.4) is 0 Å². The van der Waals surface area contributed by atoms with E-state index in [0.29, 0.717) is 50.6 Å². The summed E-state index contributed by atoms with van der Waals surface area (Å²) in [6, 6.07) is 16.8. The molecule has 1 amide bonds. The van der Waals surface area contributed by atoms with Gasteiger partial charge >= 0.3 is 18.4 Å². The number of alkyl halides is 6. The lowest BCUT2D eigenvalue weighted by molar-refractivity contribution is -0.138. The van der Waals surface area contributed by atoms with Crippen LogP contribution in [0.4, 0.5) is 48.2 Å². The van der Waals surface area contributed by atoms with Crippen molar-refractivity contribution >= 4 is 34.9 Å². The van der Waals surface area contributed by atoms with Gasteiger partial charge in [0, 0.05) is 80.9 Å². The Morgan fingerprint density at radius 1 is 0.667 bits per heavy atom. The minimum atomic E-state index is -4.41. The lowest BCUT2D eigenvalue weighted by Gasteiger charge is -2.37. The molecule has 6 rings (SSSR count). The van der Waals surface area contributed by atoms with E-state index in [-0.39, 0.29) is 12.7 Å². The number of anilines is 3. The molecule has 3 aromatic carbocycles. The molecule has 14 heteroatoms. The zero-order chi connectivity index (χ0) is 33.9. The summed E-state index contributed by atoms with van der Waals surface area (Å²) in [7, 11) is 0. The van der Waals surface area contributed by atoms with E-state index in [0.717, 1.165) is 72.8 Å². The van der Waals surface area contributed by atoms with Crippen LogP contribution in [-0.2, 0) is 17.1 Å². The molecule has 3 aromatic rings. The van der Waals surface area contributed by atoms with E-state index in [2.05, 4.69) is 9.80 Å². The third-order valence-electron chi connectivity index (χ3n) is 9.00. The third-order valence-corrected chi connectivity index (χ3v) is 10.1. The number of benzene rings is 3. The number of halogens is 6. The molecule has 258 valence electrons. The van der Waals surface area contributed by atoms with Crippen LogP contribution in [0.15, 0.2) is 76.5 Å². The van der Waals surface area contributed by atoms with Crippen LogP contribution in [-0.4, -0.2) is 99.4 Å². The average Bonchev–Trinajstić information content (AvgIpc) is 3.07. The van der Waals surface area contributed by atoms with Crippen molar-refractivity contribution in [1.29, 1.82) is 0 Å². The smallest absolute Gasteiger partial charge is 0.416 e. The van der Waals surface area contributed by atoms with Gasteiger partial charge in [-0.1, -0.05) is 23.9 Å². The Balaban J connectivity index is 0.905. The minimum Gasteiger partial charge on any atom is -0.448 e. The number of amides is 1. The van der Waals surface area contributed by atoms with Crippen LogP contribution in [0.25, 0.3) is 0 Å². The highest BCUT2D eigenvalue weighted by molar-refractivity contribution is 7.99. The van der Waals surface area contributed by atoms with Gasteiger partial charge in [0.15, 0.2) is 0 Å². The molecular formula is C34H37F6N5O2S. The number of piperazine rings is 2. The van der Waals surface area contributed by atoms with E-state index < -0.39 is 23.5 Å². The Kier molecular flexibility index (Phi) is 10.3. The van der Waals surface area contributed by atoms with E-state index >= 15 is 0 Å². The maximum atomic E-state index is 13.5. The van der Waals surface area contributed by atoms with Crippen molar-refractivity contribution in [3.05, 3.63) is 77.9 Å². The Labute approximate surface area is 280 Å². The summed E-state index contributed by atoms with van der Waals surface area (Å²) in [5.41, 5.74) is 0.876. The second kappa shape index (κ2) is 14.5. The van der Waals surface area contributed by atoms with Crippen LogP contribution in [0, 0.1) is 0 Å². The molecule has 0 aliphatic carbocycles. The molecule has 48 heavy (non-hydrogen) atoms. The maximum Gasteiger partial charge on any atom is 0.416 e. The highest BCUT2D eigenvalue weighted by Gasteiger charge is 2.34. The summed E-state index contributed by atoms with van der Waals surface area (Å²) >= 11 is 1.49. The summed E-state index contributed by atoms with van der Waals surface area (Å²) in [5, 5.41) is 0. The monoisotopic (exact) mass is 693 g/mol. The van der Waals surface area contributed by atoms with E-state index in [1.54, 1.807) is 11.0 Å². The fourth-order valence-electron chi connectivity index (χ4n) is 6.30. The van der Waals surface area contributed by atoms with Crippen LogP contribution >= 0.6 is 11.8 Å². The summed E-state index contributed by atoms with van der Waals surface area (Å²) < 4.78 is 84.7. The number of para-hydroxylation sites is 1. The van der Waals surface area contributed by atoms with Crippen molar-refractivity contribution in [3.8, 4) is 0 Å². The first-order valence-electron chi connectivity index (χ1n) is 16.0. The Morgan fingerprint density at radius 3 is 1.94 bits per heavy atom. The molecule has 2 fully saturated rings. The summed E-state index contributed by atoms with van der Waals surface area (Å²) in [4.78, 5) is 24.7. The number of hydrogen-bond donors (Lipinski definition) is 0. The summed E-state index contributed by atoms with van der Waals surface area (Å²) in [6.07, 6.45) is -8.38. The van der Waals surface area contributed by atoms with E-state index in [1.165, 1.54) is 30.0 Å². The van der Waals surface area contributed by atoms with Gasteiger partial charge in [-0.2, -0.15) is 26.3 Å². The Hall–Kier alpha value is -3.62. The van der Waals surface area contributed by atoms with Crippen molar-refractivity contribution in [2.24, 2.45) is 0 Å². The third kappa shape index (κ3) is 8.15. The van der Waals surface area contributed by atoms with Crippen molar-refractivity contribution in [2.75, 3.05) is 88.4 Å². The number of fused-ring (bicyclic) bond motifs is 2. The SMILES string of the molecule is O=C(OCCN1CCN(CCCN2c3ccccc3Sc3ccc(C(F)(F)F)cc32)CC1)N1CCN(c2ccc(C(F)(F)F)cc2)CC1. The van der Waals surface area contributed by atoms with Gasteiger partial charge in [-0.25, -0.2) is 4.79 Å². The van der Waals surface area contributed by atoms with Gasteiger partial charge in [0.1, 0.15) is 6.61 Å². The highest BCUT2D eigenvalue weighted by Crippen LogP contribution is 2.49. The van der Waals surface area contributed by atoms with Crippen LogP contribution in [0.1, 0.15) is 17.5 Å². The molecule has 7 nitrogen and oxygen atoms in total. The second-order valence-electron chi connectivity index (χ2n) is 12.1. The van der Waals surface area contributed by atoms with E-state index in [9.17, 15) is 31.1 Å². The number of carbonyl (C=O) groups excluding carboxylic acids is 1. The predicted molar refractivity (Wildman–Crippen MR) is 173 cm³/mol. The fraction of sp³-hybridized carbons (Fsp3) is 0.441. The Bertz CT molecular complexity index is 1550. The normalized spacial score (nSPS) is 17.7. The van der Waals surface area contributed by atoms with Gasteiger partial charge in [-0.05, 0) is 67.6 Å². The summed E-state index contributed by atoms with van der Waals surface area (Å²) in [6.45, 7) is 7.51. The van der Waals surface area contributed by atoms with Gasteiger partial charge in [0.05, 0.1) is 22.5 Å². The van der Waals surface area contributed by atoms with Gasteiger partial charge < -0.3 is 24.3 Å². The number of carbonyl (C=O) groups is 1. The molecule has 3 aliphatic heterocycles. The summed E-state index contributed by atoms with van der Waals surface area (Å²) in [5.74, 6) is 0. The largest absolute Gasteiger partial charge is 0.448 e. The molecule has 0 bridgehead atoms. The zero-order valence-electron chi connectivity index (χ0n) is 26.3. The molecule has 0 aromatic heterocycles. The van der Waals surface area contributed by atoms with Crippen LogP contribution in [0.5, 0.6) is 0 Å². The topological polar surface area (TPSA) is 42.5 Å². The van der Waals surface area contributed by atoms with Crippen molar-refractivity contribution in [1.82, 2.24) is 14.7 Å². The molecule has 0 saturated carbocycles. The fourth-order valence-corrected chi connectivity index (χ4v) is 7.37. The molecule has 0 radical (unpaired) electrons. The number of rotatable bonds is 8.